The van der Waals surface area contributed by atoms with Crippen LogP contribution in [0.4, 0.5) is 37.7 Å². The number of ether oxygens (including phenoxy) is 1. The molecular formula is C27H20F6N2O6S2. The standard InChI is InChI=1S/C27H20F6N2O6S2/c28-26(29,30)15-8-2-4-10-17(15)34-21(37)23(39)42-25(13-41-19-12-6-1-7-14(19)20(25)36)43-24(40)22(38)35-18-11-5-3-9-16(18)27(31,32)33/h1-12,23-24,39-40H,13H2,(H,34,37)(H,35,38). The number of halogens is 6. The first kappa shape index (κ1) is 32.2. The molecule has 0 bridgehead atoms. The maximum absolute atomic E-state index is 13.6. The predicted molar refractivity (Wildman–Crippen MR) is 146 cm³/mol. The zero-order valence-corrected chi connectivity index (χ0v) is 23.0. The van der Waals surface area contributed by atoms with Crippen molar-refractivity contribution in [2.24, 2.45) is 0 Å². The molecule has 3 aromatic carbocycles. The quantitative estimate of drug-likeness (QED) is 0.190. The van der Waals surface area contributed by atoms with Gasteiger partial charge in [0.25, 0.3) is 11.8 Å². The molecule has 0 spiro atoms. The van der Waals surface area contributed by atoms with Crippen LogP contribution in [0.2, 0.25) is 0 Å². The van der Waals surface area contributed by atoms with Gasteiger partial charge in [-0.25, -0.2) is 0 Å². The zero-order valence-electron chi connectivity index (χ0n) is 21.4. The highest BCUT2D eigenvalue weighted by atomic mass is 32.2. The highest BCUT2D eigenvalue weighted by molar-refractivity contribution is 8.20. The largest absolute Gasteiger partial charge is 0.490 e. The Hall–Kier alpha value is -3.73. The molecule has 4 N–H and O–H groups in total. The fourth-order valence-corrected chi connectivity index (χ4v) is 6.47. The molecule has 1 heterocycles. The third kappa shape index (κ3) is 7.26. The molecule has 0 aliphatic carbocycles. The molecule has 1 aliphatic rings. The minimum absolute atomic E-state index is 0.0706. The third-order valence-electron chi connectivity index (χ3n) is 5.93. The van der Waals surface area contributed by atoms with Crippen molar-refractivity contribution in [1.82, 2.24) is 0 Å². The van der Waals surface area contributed by atoms with Gasteiger partial charge in [0, 0.05) is 0 Å². The van der Waals surface area contributed by atoms with Crippen LogP contribution in [0.25, 0.3) is 0 Å². The average Bonchev–Trinajstić information content (AvgIpc) is 2.94. The first-order valence-electron chi connectivity index (χ1n) is 12.0. The molecule has 0 radical (unpaired) electrons. The molecule has 2 unspecified atom stereocenters. The van der Waals surface area contributed by atoms with Crippen LogP contribution in [0.5, 0.6) is 5.75 Å². The molecule has 8 nitrogen and oxygen atoms in total. The summed E-state index contributed by atoms with van der Waals surface area (Å²) in [5.41, 5.74) is -8.33. The predicted octanol–water partition coefficient (Wildman–Crippen LogP) is 5.38. The molecule has 0 saturated heterocycles. The number of alkyl halides is 6. The van der Waals surface area contributed by atoms with E-state index in [1.807, 2.05) is 10.6 Å². The number of thioether (sulfide) groups is 2. The maximum atomic E-state index is 13.6. The molecule has 2 amide bonds. The highest BCUT2D eigenvalue weighted by Crippen LogP contribution is 2.48. The average molecular weight is 647 g/mol. The lowest BCUT2D eigenvalue weighted by Crippen LogP contribution is -2.47. The van der Waals surface area contributed by atoms with Crippen molar-refractivity contribution >= 4 is 52.5 Å². The van der Waals surface area contributed by atoms with E-state index in [1.165, 1.54) is 30.3 Å². The van der Waals surface area contributed by atoms with Crippen LogP contribution in [-0.2, 0) is 21.9 Å². The summed E-state index contributed by atoms with van der Waals surface area (Å²) in [6, 6.07) is 13.6. The Bertz CT molecular complexity index is 1450. The summed E-state index contributed by atoms with van der Waals surface area (Å²) < 4.78 is 83.7. The van der Waals surface area contributed by atoms with Gasteiger partial charge in [-0.2, -0.15) is 26.3 Å². The van der Waals surface area contributed by atoms with E-state index in [0.717, 1.165) is 24.3 Å². The van der Waals surface area contributed by atoms with Gasteiger partial charge in [-0.05, 0) is 36.4 Å². The smallest absolute Gasteiger partial charge is 0.418 e. The molecule has 3 aromatic rings. The number of hydrogen-bond acceptors (Lipinski definition) is 8. The van der Waals surface area contributed by atoms with Crippen LogP contribution in [0.1, 0.15) is 21.5 Å². The monoisotopic (exact) mass is 646 g/mol. The molecule has 228 valence electrons. The minimum atomic E-state index is -4.85. The Morgan fingerprint density at radius 2 is 1.16 bits per heavy atom. The number of aliphatic hydroxyl groups excluding tert-OH is 2. The number of nitrogens with one attached hydrogen (secondary N) is 2. The number of amides is 2. The van der Waals surface area contributed by atoms with Crippen LogP contribution in [0.15, 0.2) is 72.8 Å². The Kier molecular flexibility index (Phi) is 9.34. The normalized spacial score (nSPS) is 18.2. The summed E-state index contributed by atoms with van der Waals surface area (Å²) in [6.45, 7) is -0.648. The van der Waals surface area contributed by atoms with Crippen LogP contribution >= 0.6 is 23.5 Å². The fraction of sp³-hybridized carbons (Fsp3) is 0.222. The second-order valence-corrected chi connectivity index (χ2v) is 11.9. The molecule has 43 heavy (non-hydrogen) atoms. The SMILES string of the molecule is O=C(Nc1ccccc1C(F)(F)F)C(O)SC1(SC(O)C(=O)Nc2ccccc2C(F)(F)F)COc2ccccc2C1=O. The van der Waals surface area contributed by atoms with E-state index in [0.29, 0.717) is 12.1 Å². The van der Waals surface area contributed by atoms with Crippen molar-refractivity contribution in [2.75, 3.05) is 17.2 Å². The van der Waals surface area contributed by atoms with E-state index in [4.69, 9.17) is 4.74 Å². The number of fused-ring (bicyclic) bond motifs is 1. The second-order valence-electron chi connectivity index (χ2n) is 8.87. The van der Waals surface area contributed by atoms with Crippen molar-refractivity contribution in [3.8, 4) is 5.75 Å². The van der Waals surface area contributed by atoms with Crippen LogP contribution in [-0.4, -0.2) is 49.4 Å². The van der Waals surface area contributed by atoms with Gasteiger partial charge in [-0.3, -0.25) is 14.4 Å². The highest BCUT2D eigenvalue weighted by Gasteiger charge is 2.50. The first-order chi connectivity index (χ1) is 20.1. The number of aliphatic hydroxyl groups is 2. The summed E-state index contributed by atoms with van der Waals surface area (Å²) in [5, 5.41) is 25.3. The summed E-state index contributed by atoms with van der Waals surface area (Å²) in [7, 11) is 0. The number of rotatable bonds is 8. The molecule has 1 aliphatic heterocycles. The van der Waals surface area contributed by atoms with Crippen molar-refractivity contribution in [2.45, 2.75) is 27.3 Å². The molecular weight excluding hydrogens is 626 g/mol. The molecule has 0 saturated carbocycles. The van der Waals surface area contributed by atoms with Gasteiger partial charge in [0.05, 0.1) is 28.1 Å². The number of anilines is 2. The lowest BCUT2D eigenvalue weighted by atomic mass is 10.0. The third-order valence-corrected chi connectivity index (χ3v) is 8.75. The summed E-state index contributed by atoms with van der Waals surface area (Å²) in [6.07, 6.45) is -9.70. The van der Waals surface area contributed by atoms with Gasteiger partial charge < -0.3 is 25.6 Å². The summed E-state index contributed by atoms with van der Waals surface area (Å²) >= 11 is 0.341. The van der Waals surface area contributed by atoms with Crippen molar-refractivity contribution in [1.29, 1.82) is 0 Å². The van der Waals surface area contributed by atoms with Crippen molar-refractivity contribution in [3.05, 3.63) is 89.5 Å². The number of hydrogen-bond donors (Lipinski definition) is 4. The van der Waals surface area contributed by atoms with Crippen LogP contribution < -0.4 is 15.4 Å². The van der Waals surface area contributed by atoms with Gasteiger partial charge in [-0.15, -0.1) is 0 Å². The molecule has 0 fully saturated rings. The van der Waals surface area contributed by atoms with Gasteiger partial charge in [0.1, 0.15) is 12.4 Å². The molecule has 4 rings (SSSR count). The number of Topliss-reactive ketones (excluding diaryl/α,β-unsaturated/α-hetero) is 1. The van der Waals surface area contributed by atoms with Gasteiger partial charge in [0.2, 0.25) is 0 Å². The van der Waals surface area contributed by atoms with E-state index in [2.05, 4.69) is 0 Å². The number of benzene rings is 3. The van der Waals surface area contributed by atoms with Crippen molar-refractivity contribution in [3.63, 3.8) is 0 Å². The van der Waals surface area contributed by atoms with Gasteiger partial charge in [0.15, 0.2) is 20.7 Å². The first-order valence-corrected chi connectivity index (χ1v) is 13.8. The number of carbonyl (C=O) groups is 3. The molecule has 2 atom stereocenters. The number of carbonyl (C=O) groups excluding carboxylic acids is 3. The zero-order chi connectivity index (χ0) is 31.6. The van der Waals surface area contributed by atoms with E-state index < -0.39 is 74.0 Å². The topological polar surface area (TPSA) is 125 Å². The van der Waals surface area contributed by atoms with E-state index in [1.54, 1.807) is 6.07 Å². The lowest BCUT2D eigenvalue weighted by Gasteiger charge is -2.37. The number of para-hydroxylation sites is 3. The van der Waals surface area contributed by atoms with Gasteiger partial charge >= 0.3 is 12.4 Å². The summed E-state index contributed by atoms with van der Waals surface area (Å²) in [4.78, 5) is 39.2. The Labute approximate surface area is 247 Å². The Morgan fingerprint density at radius 3 is 1.63 bits per heavy atom. The number of ketones is 1. The van der Waals surface area contributed by atoms with Crippen LogP contribution in [0, 0.1) is 0 Å². The second kappa shape index (κ2) is 12.5. The fourth-order valence-electron chi connectivity index (χ4n) is 3.96. The van der Waals surface area contributed by atoms with Gasteiger partial charge in [-0.1, -0.05) is 59.9 Å². The Morgan fingerprint density at radius 1 is 0.744 bits per heavy atom. The maximum Gasteiger partial charge on any atom is 0.418 e. The Balaban J connectivity index is 1.60. The van der Waals surface area contributed by atoms with E-state index in [9.17, 15) is 50.9 Å². The van der Waals surface area contributed by atoms with E-state index in [-0.39, 0.29) is 34.8 Å². The molecule has 0 aromatic heterocycles. The van der Waals surface area contributed by atoms with Crippen molar-refractivity contribution < 1.29 is 55.7 Å². The molecule has 16 heteroatoms. The van der Waals surface area contributed by atoms with E-state index >= 15 is 0 Å². The lowest BCUT2D eigenvalue weighted by molar-refractivity contribution is -0.138. The van der Waals surface area contributed by atoms with Crippen LogP contribution in [0.3, 0.4) is 0 Å². The summed E-state index contributed by atoms with van der Waals surface area (Å²) in [5.74, 6) is -3.48. The minimum Gasteiger partial charge on any atom is -0.490 e.